The van der Waals surface area contributed by atoms with Crippen molar-refractivity contribution in [1.29, 1.82) is 0 Å². The van der Waals surface area contributed by atoms with Gasteiger partial charge in [-0.2, -0.15) is 0 Å². The SMILES string of the molecule is CNC(=O)C1(c2ccccn2)CCCN1Cc1cc(-c2ccccc2)ccc1OC. The lowest BCUT2D eigenvalue weighted by Crippen LogP contribution is -2.52. The summed E-state index contributed by atoms with van der Waals surface area (Å²) in [4.78, 5) is 20.0. The summed E-state index contributed by atoms with van der Waals surface area (Å²) in [5.41, 5.74) is 3.37. The van der Waals surface area contributed by atoms with E-state index in [9.17, 15) is 4.79 Å². The van der Waals surface area contributed by atoms with Crippen LogP contribution in [0.4, 0.5) is 0 Å². The predicted octanol–water partition coefficient (Wildman–Crippen LogP) is 3.99. The highest BCUT2D eigenvalue weighted by atomic mass is 16.5. The van der Waals surface area contributed by atoms with Crippen molar-refractivity contribution in [1.82, 2.24) is 15.2 Å². The van der Waals surface area contributed by atoms with Gasteiger partial charge in [-0.15, -0.1) is 0 Å². The van der Waals surface area contributed by atoms with E-state index in [0.717, 1.165) is 47.5 Å². The molecule has 1 atom stereocenters. The highest BCUT2D eigenvalue weighted by Crippen LogP contribution is 2.40. The number of aromatic nitrogens is 1. The van der Waals surface area contributed by atoms with Gasteiger partial charge < -0.3 is 10.1 Å². The van der Waals surface area contributed by atoms with Crippen molar-refractivity contribution in [3.05, 3.63) is 84.2 Å². The number of carbonyl (C=O) groups excluding carboxylic acids is 1. The minimum absolute atomic E-state index is 0.0168. The van der Waals surface area contributed by atoms with Crippen LogP contribution in [0.25, 0.3) is 11.1 Å². The zero-order valence-electron chi connectivity index (χ0n) is 17.5. The van der Waals surface area contributed by atoms with Crippen molar-refractivity contribution in [2.24, 2.45) is 0 Å². The summed E-state index contributed by atoms with van der Waals surface area (Å²) in [6, 6.07) is 22.3. The maximum absolute atomic E-state index is 13.2. The van der Waals surface area contributed by atoms with E-state index in [0.29, 0.717) is 6.54 Å². The molecule has 1 unspecified atom stereocenters. The number of methoxy groups -OCH3 is 1. The Bertz CT molecular complexity index is 1010. The van der Waals surface area contributed by atoms with Crippen molar-refractivity contribution in [3.8, 4) is 16.9 Å². The van der Waals surface area contributed by atoms with E-state index < -0.39 is 5.54 Å². The summed E-state index contributed by atoms with van der Waals surface area (Å²) in [6.45, 7) is 1.43. The summed E-state index contributed by atoms with van der Waals surface area (Å²) in [7, 11) is 3.38. The molecular weight excluding hydrogens is 374 g/mol. The van der Waals surface area contributed by atoms with Gasteiger partial charge in [-0.05, 0) is 54.8 Å². The molecule has 154 valence electrons. The Morgan fingerprint density at radius 1 is 1.10 bits per heavy atom. The van der Waals surface area contributed by atoms with E-state index in [4.69, 9.17) is 4.74 Å². The molecule has 1 saturated heterocycles. The van der Waals surface area contributed by atoms with E-state index in [1.807, 2.05) is 42.5 Å². The second-order valence-corrected chi connectivity index (χ2v) is 7.57. The fraction of sp³-hybridized carbons (Fsp3) is 0.280. The molecule has 1 aliphatic rings. The van der Waals surface area contributed by atoms with Gasteiger partial charge in [0.25, 0.3) is 0 Å². The Morgan fingerprint density at radius 3 is 2.60 bits per heavy atom. The Balaban J connectivity index is 1.74. The third-order valence-corrected chi connectivity index (χ3v) is 5.95. The van der Waals surface area contributed by atoms with Crippen molar-refractivity contribution in [3.63, 3.8) is 0 Å². The van der Waals surface area contributed by atoms with Gasteiger partial charge in [0.2, 0.25) is 5.91 Å². The first kappa shape index (κ1) is 20.1. The lowest BCUT2D eigenvalue weighted by molar-refractivity contribution is -0.132. The predicted molar refractivity (Wildman–Crippen MR) is 118 cm³/mol. The number of carbonyl (C=O) groups is 1. The second-order valence-electron chi connectivity index (χ2n) is 7.57. The first-order valence-electron chi connectivity index (χ1n) is 10.3. The van der Waals surface area contributed by atoms with Crippen LogP contribution in [-0.2, 0) is 16.9 Å². The summed E-state index contributed by atoms with van der Waals surface area (Å²) in [5.74, 6) is 0.810. The fourth-order valence-corrected chi connectivity index (χ4v) is 4.48. The number of ether oxygens (including phenoxy) is 1. The minimum Gasteiger partial charge on any atom is -0.496 e. The number of nitrogens with zero attached hydrogens (tertiary/aromatic N) is 2. The van der Waals surface area contributed by atoms with Gasteiger partial charge >= 0.3 is 0 Å². The first-order valence-corrected chi connectivity index (χ1v) is 10.3. The summed E-state index contributed by atoms with van der Waals surface area (Å²) in [5, 5.41) is 2.88. The largest absolute Gasteiger partial charge is 0.496 e. The lowest BCUT2D eigenvalue weighted by Gasteiger charge is -2.36. The molecule has 3 aromatic rings. The van der Waals surface area contributed by atoms with Crippen molar-refractivity contribution < 1.29 is 9.53 Å². The van der Waals surface area contributed by atoms with E-state index in [-0.39, 0.29) is 5.91 Å². The molecule has 30 heavy (non-hydrogen) atoms. The number of pyridine rings is 1. The van der Waals surface area contributed by atoms with Crippen molar-refractivity contribution in [2.45, 2.75) is 24.9 Å². The summed E-state index contributed by atoms with van der Waals surface area (Å²) >= 11 is 0. The monoisotopic (exact) mass is 401 g/mol. The molecule has 1 N–H and O–H groups in total. The van der Waals surface area contributed by atoms with Crippen molar-refractivity contribution in [2.75, 3.05) is 20.7 Å². The molecule has 0 bridgehead atoms. The van der Waals surface area contributed by atoms with Crippen LogP contribution in [0.2, 0.25) is 0 Å². The molecule has 0 spiro atoms. The third kappa shape index (κ3) is 3.57. The van der Waals surface area contributed by atoms with Crippen LogP contribution < -0.4 is 10.1 Å². The summed E-state index contributed by atoms with van der Waals surface area (Å²) in [6.07, 6.45) is 3.43. The fourth-order valence-electron chi connectivity index (χ4n) is 4.48. The quantitative estimate of drug-likeness (QED) is 0.678. The molecule has 0 aliphatic carbocycles. The number of hydrogen-bond donors (Lipinski definition) is 1. The molecule has 4 rings (SSSR count). The van der Waals surface area contributed by atoms with E-state index >= 15 is 0 Å². The maximum atomic E-state index is 13.2. The standard InChI is InChI=1S/C25H27N3O2/c1-26-24(29)25(23-11-6-7-15-27-23)14-8-16-28(25)18-21-17-20(12-13-22(21)30-2)19-9-4-3-5-10-19/h3-7,9-13,15,17H,8,14,16,18H2,1-2H3,(H,26,29). The van der Waals surface area contributed by atoms with Crippen molar-refractivity contribution >= 4 is 5.91 Å². The van der Waals surface area contributed by atoms with Gasteiger partial charge in [0.1, 0.15) is 11.3 Å². The topological polar surface area (TPSA) is 54.5 Å². The molecule has 0 radical (unpaired) electrons. The highest BCUT2D eigenvalue weighted by Gasteiger charge is 2.49. The van der Waals surface area contributed by atoms with Gasteiger partial charge in [-0.25, -0.2) is 0 Å². The molecule has 0 saturated carbocycles. The van der Waals surface area contributed by atoms with Gasteiger partial charge in [0.15, 0.2) is 0 Å². The van der Waals surface area contributed by atoms with Crippen LogP contribution >= 0.6 is 0 Å². The van der Waals surface area contributed by atoms with Gasteiger partial charge in [0, 0.05) is 25.4 Å². The van der Waals surface area contributed by atoms with Crippen LogP contribution in [0, 0.1) is 0 Å². The number of hydrogen-bond acceptors (Lipinski definition) is 4. The number of benzene rings is 2. The van der Waals surface area contributed by atoms with Gasteiger partial charge in [-0.3, -0.25) is 14.7 Å². The van der Waals surface area contributed by atoms with Crippen LogP contribution in [-0.4, -0.2) is 36.5 Å². The second kappa shape index (κ2) is 8.67. The molecule has 5 heteroatoms. The van der Waals surface area contributed by atoms with E-state index in [2.05, 4.69) is 39.5 Å². The molecule has 1 aliphatic heterocycles. The zero-order chi connectivity index (χ0) is 21.0. The Hall–Kier alpha value is -3.18. The molecule has 1 fully saturated rings. The van der Waals surface area contributed by atoms with E-state index in [1.165, 1.54) is 0 Å². The normalized spacial score (nSPS) is 18.9. The Kier molecular flexibility index (Phi) is 5.81. The van der Waals surface area contributed by atoms with Gasteiger partial charge in [-0.1, -0.05) is 42.5 Å². The summed E-state index contributed by atoms with van der Waals surface area (Å²) < 4.78 is 5.66. The smallest absolute Gasteiger partial charge is 0.246 e. The van der Waals surface area contributed by atoms with Crippen LogP contribution in [0.5, 0.6) is 5.75 Å². The molecule has 1 aromatic heterocycles. The highest BCUT2D eigenvalue weighted by molar-refractivity contribution is 5.87. The third-order valence-electron chi connectivity index (χ3n) is 5.95. The zero-order valence-corrected chi connectivity index (χ0v) is 17.5. The first-order chi connectivity index (χ1) is 14.7. The lowest BCUT2D eigenvalue weighted by atomic mass is 9.89. The Labute approximate surface area is 177 Å². The molecular formula is C25H27N3O2. The Morgan fingerprint density at radius 2 is 1.90 bits per heavy atom. The minimum atomic E-state index is -0.774. The average Bonchev–Trinajstić information content (AvgIpc) is 3.24. The number of amides is 1. The van der Waals surface area contributed by atoms with Gasteiger partial charge in [0.05, 0.1) is 12.8 Å². The molecule has 2 heterocycles. The maximum Gasteiger partial charge on any atom is 0.246 e. The van der Waals surface area contributed by atoms with E-state index in [1.54, 1.807) is 20.4 Å². The molecule has 2 aromatic carbocycles. The van der Waals surface area contributed by atoms with Crippen LogP contribution in [0.3, 0.4) is 0 Å². The molecule has 1 amide bonds. The number of nitrogens with one attached hydrogen (secondary N) is 1. The molecule has 5 nitrogen and oxygen atoms in total. The van der Waals surface area contributed by atoms with Crippen LogP contribution in [0.15, 0.2) is 72.9 Å². The van der Waals surface area contributed by atoms with Crippen LogP contribution in [0.1, 0.15) is 24.1 Å². The average molecular weight is 402 g/mol. The number of likely N-dealkylation sites (tertiary alicyclic amines) is 1. The number of likely N-dealkylation sites (N-methyl/N-ethyl adjacent to an activating group) is 1. The number of rotatable bonds is 6.